The van der Waals surface area contributed by atoms with E-state index in [0.717, 1.165) is 40.8 Å². The van der Waals surface area contributed by atoms with E-state index in [1.165, 1.54) is 12.1 Å². The van der Waals surface area contributed by atoms with E-state index >= 15 is 0 Å². The minimum absolute atomic E-state index is 0.112. The molecule has 0 bridgehead atoms. The Morgan fingerprint density at radius 3 is 2.26 bits per heavy atom. The van der Waals surface area contributed by atoms with Crippen LogP contribution in [-0.4, -0.2) is 25.2 Å². The lowest BCUT2D eigenvalue weighted by Gasteiger charge is -2.36. The highest BCUT2D eigenvalue weighted by molar-refractivity contribution is 6.00. The van der Waals surface area contributed by atoms with Crippen molar-refractivity contribution in [2.45, 2.75) is 52.7 Å². The molecule has 180 valence electrons. The van der Waals surface area contributed by atoms with Crippen LogP contribution in [0.4, 0.5) is 10.1 Å². The first-order valence-electron chi connectivity index (χ1n) is 11.8. The van der Waals surface area contributed by atoms with E-state index in [-0.39, 0.29) is 11.7 Å². The Labute approximate surface area is 202 Å². The molecule has 3 aromatic rings. The Bertz CT molecular complexity index is 1090. The third-order valence-electron chi connectivity index (χ3n) is 5.74. The van der Waals surface area contributed by atoms with Crippen LogP contribution in [0, 0.1) is 5.82 Å². The molecule has 0 fully saturated rings. The summed E-state index contributed by atoms with van der Waals surface area (Å²) in [7, 11) is 1.69. The number of ether oxygens (including phenoxy) is 2. The highest BCUT2D eigenvalue weighted by Crippen LogP contribution is 2.34. The molecule has 1 aliphatic rings. The van der Waals surface area contributed by atoms with E-state index in [4.69, 9.17) is 9.47 Å². The van der Waals surface area contributed by atoms with Gasteiger partial charge in [0, 0.05) is 19.3 Å². The number of halogens is 1. The standard InChI is InChI=1S/C27H28FNO3.C2H6/c1-27(2,32-24-13-11-23(28)12-14-24)26(30)29-16-4-5-22-17-21(10-15-25(22)29)20-8-6-19(7-9-20)18-31-3;1-2/h6-15,17H,4-5,16,18H2,1-3H3;1-2H3. The average molecular weight is 464 g/mol. The van der Waals surface area contributed by atoms with Gasteiger partial charge in [-0.2, -0.15) is 0 Å². The first-order valence-corrected chi connectivity index (χ1v) is 11.8. The molecule has 0 aromatic heterocycles. The fourth-order valence-corrected chi connectivity index (χ4v) is 4.11. The van der Waals surface area contributed by atoms with Crippen LogP contribution in [0.25, 0.3) is 11.1 Å². The fraction of sp³-hybridized carbons (Fsp3) is 0.345. The molecule has 1 amide bonds. The Morgan fingerprint density at radius 1 is 0.971 bits per heavy atom. The van der Waals surface area contributed by atoms with Crippen molar-refractivity contribution in [3.05, 3.63) is 83.7 Å². The number of carbonyl (C=O) groups is 1. The Kier molecular flexibility index (Phi) is 8.46. The molecule has 0 atom stereocenters. The van der Waals surface area contributed by atoms with Crippen molar-refractivity contribution in [1.29, 1.82) is 0 Å². The predicted molar refractivity (Wildman–Crippen MR) is 136 cm³/mol. The molecule has 0 N–H and O–H groups in total. The van der Waals surface area contributed by atoms with Gasteiger partial charge in [-0.25, -0.2) is 4.39 Å². The summed E-state index contributed by atoms with van der Waals surface area (Å²) in [5.74, 6) is 0.0178. The smallest absolute Gasteiger partial charge is 0.270 e. The summed E-state index contributed by atoms with van der Waals surface area (Å²) in [5, 5.41) is 0. The molecule has 0 aliphatic carbocycles. The summed E-state index contributed by atoms with van der Waals surface area (Å²) < 4.78 is 24.3. The number of hydrogen-bond donors (Lipinski definition) is 0. The Morgan fingerprint density at radius 2 is 1.62 bits per heavy atom. The van der Waals surface area contributed by atoms with Crippen LogP contribution in [0.1, 0.15) is 45.2 Å². The van der Waals surface area contributed by atoms with Crippen molar-refractivity contribution in [1.82, 2.24) is 0 Å². The van der Waals surface area contributed by atoms with Crippen LogP contribution in [0.3, 0.4) is 0 Å². The van der Waals surface area contributed by atoms with Crippen molar-refractivity contribution in [2.75, 3.05) is 18.6 Å². The number of amides is 1. The second-order valence-electron chi connectivity index (χ2n) is 8.60. The zero-order valence-electron chi connectivity index (χ0n) is 20.7. The number of carbonyl (C=O) groups excluding carboxylic acids is 1. The third kappa shape index (κ3) is 5.84. The lowest BCUT2D eigenvalue weighted by molar-refractivity contribution is -0.131. The fourth-order valence-electron chi connectivity index (χ4n) is 4.11. The zero-order chi connectivity index (χ0) is 24.7. The summed E-state index contributed by atoms with van der Waals surface area (Å²) in [4.78, 5) is 15.2. The Balaban J connectivity index is 0.00000158. The monoisotopic (exact) mass is 463 g/mol. The first kappa shape index (κ1) is 25.4. The van der Waals surface area contributed by atoms with Gasteiger partial charge in [0.15, 0.2) is 5.60 Å². The van der Waals surface area contributed by atoms with E-state index < -0.39 is 5.60 Å². The van der Waals surface area contributed by atoms with Crippen LogP contribution in [0.2, 0.25) is 0 Å². The molecule has 0 unspecified atom stereocenters. The van der Waals surface area contributed by atoms with Gasteiger partial charge >= 0.3 is 0 Å². The van der Waals surface area contributed by atoms with Gasteiger partial charge in [-0.15, -0.1) is 0 Å². The van der Waals surface area contributed by atoms with Crippen LogP contribution in [0.5, 0.6) is 5.75 Å². The largest absolute Gasteiger partial charge is 0.478 e. The first-order chi connectivity index (χ1) is 16.4. The average Bonchev–Trinajstić information content (AvgIpc) is 2.86. The number of rotatable bonds is 6. The number of anilines is 1. The number of fused-ring (bicyclic) bond motifs is 1. The highest BCUT2D eigenvalue weighted by Gasteiger charge is 2.36. The molecule has 0 saturated carbocycles. The van der Waals surface area contributed by atoms with Crippen molar-refractivity contribution in [3.63, 3.8) is 0 Å². The highest BCUT2D eigenvalue weighted by atomic mass is 19.1. The molecule has 3 aromatic carbocycles. The number of benzene rings is 3. The van der Waals surface area contributed by atoms with Gasteiger partial charge in [-0.1, -0.05) is 44.2 Å². The summed E-state index contributed by atoms with van der Waals surface area (Å²) in [5.41, 5.74) is 4.40. The molecule has 0 spiro atoms. The van der Waals surface area contributed by atoms with Gasteiger partial charge < -0.3 is 14.4 Å². The van der Waals surface area contributed by atoms with E-state index in [1.807, 2.05) is 24.8 Å². The van der Waals surface area contributed by atoms with Gasteiger partial charge in [0.1, 0.15) is 11.6 Å². The molecule has 34 heavy (non-hydrogen) atoms. The molecule has 0 saturated heterocycles. The zero-order valence-corrected chi connectivity index (χ0v) is 20.7. The molecule has 4 nitrogen and oxygen atoms in total. The number of nitrogens with zero attached hydrogens (tertiary/aromatic N) is 1. The maximum absolute atomic E-state index is 13.4. The van der Waals surface area contributed by atoms with E-state index in [1.54, 1.807) is 33.1 Å². The molecule has 0 radical (unpaired) electrons. The summed E-state index contributed by atoms with van der Waals surface area (Å²) >= 11 is 0. The topological polar surface area (TPSA) is 38.8 Å². The summed E-state index contributed by atoms with van der Waals surface area (Å²) in [6.45, 7) is 8.75. The predicted octanol–water partition coefficient (Wildman–Crippen LogP) is 6.80. The molecular weight excluding hydrogens is 429 g/mol. The van der Waals surface area contributed by atoms with Gasteiger partial charge in [0.2, 0.25) is 0 Å². The second kappa shape index (κ2) is 11.3. The number of methoxy groups -OCH3 is 1. The molecular formula is C29H34FNO3. The molecule has 5 heteroatoms. The minimum Gasteiger partial charge on any atom is -0.478 e. The maximum Gasteiger partial charge on any atom is 0.270 e. The number of hydrogen-bond acceptors (Lipinski definition) is 3. The second-order valence-corrected chi connectivity index (χ2v) is 8.60. The molecule has 1 heterocycles. The van der Waals surface area contributed by atoms with E-state index in [2.05, 4.69) is 36.4 Å². The normalized spacial score (nSPS) is 12.9. The van der Waals surface area contributed by atoms with Crippen molar-refractivity contribution in [3.8, 4) is 16.9 Å². The lowest BCUT2D eigenvalue weighted by atomic mass is 9.94. The molecule has 4 rings (SSSR count). The van der Waals surface area contributed by atoms with Crippen molar-refractivity contribution in [2.24, 2.45) is 0 Å². The van der Waals surface area contributed by atoms with Crippen LogP contribution in [0.15, 0.2) is 66.7 Å². The SMILES string of the molecule is CC.COCc1ccc(-c2ccc3c(c2)CCCN3C(=O)C(C)(C)Oc2ccc(F)cc2)cc1. The third-order valence-corrected chi connectivity index (χ3v) is 5.74. The van der Waals surface area contributed by atoms with Gasteiger partial charge in [-0.3, -0.25) is 4.79 Å². The van der Waals surface area contributed by atoms with Crippen molar-refractivity contribution < 1.29 is 18.7 Å². The quantitative estimate of drug-likeness (QED) is 0.403. The maximum atomic E-state index is 13.4. The lowest BCUT2D eigenvalue weighted by Crippen LogP contribution is -2.50. The summed E-state index contributed by atoms with van der Waals surface area (Å²) in [6, 6.07) is 20.3. The van der Waals surface area contributed by atoms with Gasteiger partial charge in [0.05, 0.1) is 6.61 Å². The minimum atomic E-state index is -1.08. The van der Waals surface area contributed by atoms with E-state index in [0.29, 0.717) is 18.9 Å². The number of aryl methyl sites for hydroxylation is 1. The van der Waals surface area contributed by atoms with Crippen LogP contribution in [-0.2, 0) is 22.6 Å². The summed E-state index contributed by atoms with van der Waals surface area (Å²) in [6.07, 6.45) is 1.82. The van der Waals surface area contributed by atoms with Crippen molar-refractivity contribution >= 4 is 11.6 Å². The van der Waals surface area contributed by atoms with E-state index in [9.17, 15) is 9.18 Å². The Hall–Kier alpha value is -3.18. The van der Waals surface area contributed by atoms with Crippen LogP contribution >= 0.6 is 0 Å². The van der Waals surface area contributed by atoms with Gasteiger partial charge in [0.25, 0.3) is 5.91 Å². The van der Waals surface area contributed by atoms with Crippen LogP contribution < -0.4 is 9.64 Å². The van der Waals surface area contributed by atoms with Gasteiger partial charge in [-0.05, 0) is 85.3 Å². The molecule has 1 aliphatic heterocycles.